The van der Waals surface area contributed by atoms with Gasteiger partial charge in [0.25, 0.3) is 0 Å². The minimum absolute atomic E-state index is 0.136. The lowest BCUT2D eigenvalue weighted by Crippen LogP contribution is -2.54. The number of hydrogen-bond acceptors (Lipinski definition) is 2. The molecule has 0 fully saturated rings. The Morgan fingerprint density at radius 1 is 0.720 bits per heavy atom. The van der Waals surface area contributed by atoms with Gasteiger partial charge in [0.05, 0.1) is 21.1 Å². The Kier molecular flexibility index (Phi) is 13.8. The normalized spacial score (nSPS) is 13.0. The Morgan fingerprint density at radius 3 is 1.40 bits per heavy atom. The number of quaternary nitrogens is 1. The number of carboxylic acid groups (broad SMARTS) is 1. The second kappa shape index (κ2) is 14.3. The summed E-state index contributed by atoms with van der Waals surface area (Å²) in [4.78, 5) is 23.4. The lowest BCUT2D eigenvalue weighted by molar-refractivity contribution is -0.878. The minimum Gasteiger partial charge on any atom is -0.476 e. The summed E-state index contributed by atoms with van der Waals surface area (Å²) in [5.74, 6) is -1.14. The quantitative estimate of drug-likeness (QED) is 0.221. The number of carboxylic acids is 1. The van der Waals surface area contributed by atoms with Crippen LogP contribution in [0.1, 0.15) is 96.8 Å². The molecule has 0 saturated heterocycles. The van der Waals surface area contributed by atoms with Crippen LogP contribution < -0.4 is 0 Å². The van der Waals surface area contributed by atoms with Gasteiger partial charge in [0, 0.05) is 6.42 Å². The molecule has 0 spiro atoms. The first-order valence-corrected chi connectivity index (χ1v) is 10.4. The summed E-state index contributed by atoms with van der Waals surface area (Å²) < 4.78 is 0.159. The summed E-state index contributed by atoms with van der Waals surface area (Å²) in [6.45, 7) is 2.25. The molecule has 0 aliphatic carbocycles. The van der Waals surface area contributed by atoms with Crippen molar-refractivity contribution in [3.05, 3.63) is 0 Å². The smallest absolute Gasteiger partial charge is 0.370 e. The Hall–Kier alpha value is -0.900. The Labute approximate surface area is 155 Å². The van der Waals surface area contributed by atoms with Gasteiger partial charge in [-0.25, -0.2) is 4.79 Å². The Bertz CT molecular complexity index is 361. The predicted octanol–water partition coefficient (Wildman–Crippen LogP) is 5.20. The van der Waals surface area contributed by atoms with Gasteiger partial charge in [0.1, 0.15) is 0 Å². The van der Waals surface area contributed by atoms with E-state index < -0.39 is 12.0 Å². The van der Waals surface area contributed by atoms with Crippen LogP contribution in [0.15, 0.2) is 0 Å². The molecule has 0 aliphatic heterocycles. The standard InChI is InChI=1S/C21H41NO3/c1-5-6-7-8-9-10-11-12-13-14-15-16-17-18-19(23)20(21(24)25)22(2,3)4/h20H,5-18H2,1-4H3/p+1. The van der Waals surface area contributed by atoms with Gasteiger partial charge in [0.2, 0.25) is 11.8 Å². The van der Waals surface area contributed by atoms with Crippen molar-refractivity contribution in [2.24, 2.45) is 0 Å². The van der Waals surface area contributed by atoms with Crippen molar-refractivity contribution < 1.29 is 19.2 Å². The molecule has 0 aromatic heterocycles. The average Bonchev–Trinajstić information content (AvgIpc) is 2.50. The molecule has 25 heavy (non-hydrogen) atoms. The highest BCUT2D eigenvalue weighted by Crippen LogP contribution is 2.14. The molecule has 0 amide bonds. The highest BCUT2D eigenvalue weighted by atomic mass is 16.4. The molecule has 0 rings (SSSR count). The van der Waals surface area contributed by atoms with E-state index in [9.17, 15) is 14.7 Å². The number of nitrogens with zero attached hydrogens (tertiary/aromatic N) is 1. The molecule has 0 bridgehead atoms. The summed E-state index contributed by atoms with van der Waals surface area (Å²) in [6, 6.07) is -0.933. The van der Waals surface area contributed by atoms with Crippen LogP contribution in [-0.2, 0) is 9.59 Å². The second-order valence-corrected chi connectivity index (χ2v) is 8.32. The van der Waals surface area contributed by atoms with E-state index in [1.807, 2.05) is 0 Å². The third kappa shape index (κ3) is 13.0. The molecule has 4 heteroatoms. The van der Waals surface area contributed by atoms with E-state index in [-0.39, 0.29) is 10.3 Å². The predicted molar refractivity (Wildman–Crippen MR) is 105 cm³/mol. The van der Waals surface area contributed by atoms with E-state index in [0.717, 1.165) is 19.3 Å². The third-order valence-corrected chi connectivity index (χ3v) is 4.84. The van der Waals surface area contributed by atoms with Gasteiger partial charge in [0.15, 0.2) is 0 Å². The maximum absolute atomic E-state index is 12.1. The van der Waals surface area contributed by atoms with Gasteiger partial charge in [-0.3, -0.25) is 4.79 Å². The van der Waals surface area contributed by atoms with E-state index in [2.05, 4.69) is 6.92 Å². The number of likely N-dealkylation sites (N-methyl/N-ethyl adjacent to an activating group) is 1. The van der Waals surface area contributed by atoms with Gasteiger partial charge in [-0.15, -0.1) is 0 Å². The fourth-order valence-corrected chi connectivity index (χ4v) is 3.35. The lowest BCUT2D eigenvalue weighted by atomic mass is 10.0. The van der Waals surface area contributed by atoms with Crippen molar-refractivity contribution >= 4 is 11.8 Å². The van der Waals surface area contributed by atoms with Crippen molar-refractivity contribution in [1.29, 1.82) is 0 Å². The molecule has 0 aromatic carbocycles. The number of Topliss-reactive ketones (excluding diaryl/α,β-unsaturated/α-hetero) is 1. The summed E-state index contributed by atoms with van der Waals surface area (Å²) >= 11 is 0. The van der Waals surface area contributed by atoms with Crippen LogP contribution in [0.5, 0.6) is 0 Å². The molecule has 0 heterocycles. The number of carbonyl (C=O) groups is 2. The fraction of sp³-hybridized carbons (Fsp3) is 0.905. The van der Waals surface area contributed by atoms with Crippen LogP contribution in [0.25, 0.3) is 0 Å². The van der Waals surface area contributed by atoms with Crippen molar-refractivity contribution in [1.82, 2.24) is 0 Å². The van der Waals surface area contributed by atoms with Gasteiger partial charge in [-0.05, 0) is 6.42 Å². The monoisotopic (exact) mass is 356 g/mol. The summed E-state index contributed by atoms with van der Waals surface area (Å²) in [6.07, 6.45) is 16.9. The van der Waals surface area contributed by atoms with Crippen LogP contribution in [0.3, 0.4) is 0 Å². The zero-order valence-electron chi connectivity index (χ0n) is 17.2. The molecule has 0 saturated carbocycles. The molecule has 4 nitrogen and oxygen atoms in total. The van der Waals surface area contributed by atoms with E-state index in [1.165, 1.54) is 64.2 Å². The van der Waals surface area contributed by atoms with Gasteiger partial charge in [-0.2, -0.15) is 0 Å². The van der Waals surface area contributed by atoms with E-state index in [0.29, 0.717) is 6.42 Å². The van der Waals surface area contributed by atoms with Crippen molar-refractivity contribution in [3.8, 4) is 0 Å². The van der Waals surface area contributed by atoms with Crippen molar-refractivity contribution in [2.75, 3.05) is 21.1 Å². The first-order chi connectivity index (χ1) is 11.8. The molecular weight excluding hydrogens is 314 g/mol. The lowest BCUT2D eigenvalue weighted by Gasteiger charge is -2.29. The van der Waals surface area contributed by atoms with Crippen LogP contribution >= 0.6 is 0 Å². The van der Waals surface area contributed by atoms with E-state index >= 15 is 0 Å². The first-order valence-electron chi connectivity index (χ1n) is 10.4. The van der Waals surface area contributed by atoms with Crippen LogP contribution in [-0.4, -0.2) is 48.5 Å². The first kappa shape index (κ1) is 24.1. The number of hydrogen-bond donors (Lipinski definition) is 1. The number of carbonyl (C=O) groups excluding carboxylic acids is 1. The highest BCUT2D eigenvalue weighted by molar-refractivity contribution is 6.01. The van der Waals surface area contributed by atoms with E-state index in [1.54, 1.807) is 21.1 Å². The number of ketones is 1. The van der Waals surface area contributed by atoms with Crippen LogP contribution in [0, 0.1) is 0 Å². The second-order valence-electron chi connectivity index (χ2n) is 8.32. The minimum atomic E-state index is -1.01. The maximum Gasteiger partial charge on any atom is 0.370 e. The Morgan fingerprint density at radius 2 is 1.08 bits per heavy atom. The van der Waals surface area contributed by atoms with Crippen LogP contribution in [0.2, 0.25) is 0 Å². The average molecular weight is 357 g/mol. The molecule has 0 radical (unpaired) electrons. The number of aliphatic carboxylic acids is 1. The molecule has 148 valence electrons. The largest absolute Gasteiger partial charge is 0.476 e. The zero-order valence-corrected chi connectivity index (χ0v) is 17.2. The molecule has 0 aromatic rings. The third-order valence-electron chi connectivity index (χ3n) is 4.84. The summed E-state index contributed by atoms with van der Waals surface area (Å²) in [5.41, 5.74) is 0. The van der Waals surface area contributed by atoms with E-state index in [4.69, 9.17) is 0 Å². The molecule has 0 aliphatic rings. The number of rotatable bonds is 17. The molecule has 1 atom stereocenters. The van der Waals surface area contributed by atoms with Gasteiger partial charge < -0.3 is 9.59 Å². The van der Waals surface area contributed by atoms with Gasteiger partial charge >= 0.3 is 5.97 Å². The van der Waals surface area contributed by atoms with Crippen molar-refractivity contribution in [3.63, 3.8) is 0 Å². The number of unbranched alkanes of at least 4 members (excludes halogenated alkanes) is 12. The van der Waals surface area contributed by atoms with Crippen molar-refractivity contribution in [2.45, 2.75) is 103 Å². The molecule has 1 N–H and O–H groups in total. The Balaban J connectivity index is 3.55. The SMILES string of the molecule is CCCCCCCCCCCCCCCC(=O)C(C(=O)O)[N+](C)(C)C. The van der Waals surface area contributed by atoms with Crippen LogP contribution in [0.4, 0.5) is 0 Å². The summed E-state index contributed by atoms with van der Waals surface area (Å²) in [7, 11) is 5.29. The maximum atomic E-state index is 12.1. The highest BCUT2D eigenvalue weighted by Gasteiger charge is 2.37. The fourth-order valence-electron chi connectivity index (χ4n) is 3.35. The molecule has 1 unspecified atom stereocenters. The topological polar surface area (TPSA) is 54.4 Å². The zero-order chi connectivity index (χ0) is 19.1. The molecular formula is C21H42NO3+. The van der Waals surface area contributed by atoms with Gasteiger partial charge in [-0.1, -0.05) is 84.0 Å². The summed E-state index contributed by atoms with van der Waals surface area (Å²) in [5, 5.41) is 9.25.